The summed E-state index contributed by atoms with van der Waals surface area (Å²) in [4.78, 5) is 2.62. The molecule has 3 heteroatoms. The Morgan fingerprint density at radius 1 is 1.40 bits per heavy atom. The number of fused-ring (bicyclic) bond motifs is 2. The van der Waals surface area contributed by atoms with E-state index in [-0.39, 0.29) is 0 Å². The van der Waals surface area contributed by atoms with E-state index >= 15 is 0 Å². The minimum atomic E-state index is 0.703. The third-order valence-corrected chi connectivity index (χ3v) is 4.53. The maximum Gasteiger partial charge on any atom is 0.0123 e. The maximum absolute atomic E-state index is 3.84. The van der Waals surface area contributed by atoms with Gasteiger partial charge in [-0.1, -0.05) is 0 Å². The Labute approximate surface area is 98.2 Å². The Bertz CT molecular complexity index is 198. The van der Waals surface area contributed by atoms with Gasteiger partial charge in [0.2, 0.25) is 0 Å². The highest BCUT2D eigenvalue weighted by Gasteiger charge is 2.34. The van der Waals surface area contributed by atoms with Gasteiger partial charge in [0.1, 0.15) is 0 Å². The summed E-state index contributed by atoms with van der Waals surface area (Å²) < 4.78 is 0. The van der Waals surface area contributed by atoms with Gasteiger partial charge in [-0.3, -0.25) is 0 Å². The van der Waals surface area contributed by atoms with Crippen molar-refractivity contribution in [3.63, 3.8) is 0 Å². The van der Waals surface area contributed by atoms with Gasteiger partial charge in [-0.2, -0.15) is 11.8 Å². The highest BCUT2D eigenvalue weighted by atomic mass is 32.2. The average molecular weight is 228 g/mol. The summed E-state index contributed by atoms with van der Waals surface area (Å²) in [6.07, 6.45) is 6.30. The zero-order valence-corrected chi connectivity index (χ0v) is 10.9. The van der Waals surface area contributed by atoms with Crippen molar-refractivity contribution in [1.29, 1.82) is 0 Å². The Hall–Kier alpha value is 0.270. The first-order valence-electron chi connectivity index (χ1n) is 6.27. The lowest BCUT2D eigenvalue weighted by molar-refractivity contribution is 0.211. The molecule has 2 heterocycles. The van der Waals surface area contributed by atoms with E-state index in [2.05, 4.69) is 23.4 Å². The molecule has 0 saturated carbocycles. The molecular formula is C12H24N2S. The lowest BCUT2D eigenvalue weighted by Crippen LogP contribution is -2.47. The fourth-order valence-corrected chi connectivity index (χ4v) is 3.50. The van der Waals surface area contributed by atoms with Crippen LogP contribution in [0.5, 0.6) is 0 Å². The molecule has 4 atom stereocenters. The van der Waals surface area contributed by atoms with Crippen LogP contribution in [0.2, 0.25) is 0 Å². The quantitative estimate of drug-likeness (QED) is 0.772. The van der Waals surface area contributed by atoms with Crippen LogP contribution in [0.4, 0.5) is 0 Å². The molecule has 0 spiro atoms. The van der Waals surface area contributed by atoms with Gasteiger partial charge in [0.25, 0.3) is 0 Å². The molecule has 0 aromatic heterocycles. The third kappa shape index (κ3) is 3.11. The number of nitrogens with one attached hydrogen (secondary N) is 1. The second kappa shape index (κ2) is 5.55. The van der Waals surface area contributed by atoms with Crippen molar-refractivity contribution in [2.75, 3.05) is 31.6 Å². The molecule has 2 aliphatic heterocycles. The zero-order valence-electron chi connectivity index (χ0n) is 10.0. The molecule has 0 radical (unpaired) electrons. The first-order valence-corrected chi connectivity index (χ1v) is 7.66. The predicted octanol–water partition coefficient (Wildman–Crippen LogP) is 1.81. The van der Waals surface area contributed by atoms with Crippen molar-refractivity contribution in [3.8, 4) is 0 Å². The fraction of sp³-hybridized carbons (Fsp3) is 1.00. The van der Waals surface area contributed by atoms with Gasteiger partial charge >= 0.3 is 0 Å². The molecular weight excluding hydrogens is 204 g/mol. The standard InChI is InChI=1S/C12H24N2S/c1-10(5-8-15-2)13-12-4-7-14-6-3-11(12)9-14/h10-13H,3-9H2,1-2H3. The van der Waals surface area contributed by atoms with Crippen LogP contribution in [0.1, 0.15) is 26.2 Å². The smallest absolute Gasteiger partial charge is 0.0123 e. The van der Waals surface area contributed by atoms with Crippen LogP contribution in [-0.4, -0.2) is 48.6 Å². The molecule has 0 amide bonds. The minimum absolute atomic E-state index is 0.703. The van der Waals surface area contributed by atoms with Gasteiger partial charge in [0, 0.05) is 18.6 Å². The van der Waals surface area contributed by atoms with Crippen LogP contribution in [0.3, 0.4) is 0 Å². The summed E-state index contributed by atoms with van der Waals surface area (Å²) >= 11 is 1.96. The van der Waals surface area contributed by atoms with Gasteiger partial charge in [0.15, 0.2) is 0 Å². The first-order chi connectivity index (χ1) is 7.29. The zero-order chi connectivity index (χ0) is 10.7. The second-order valence-corrected chi connectivity index (χ2v) is 6.08. The Morgan fingerprint density at radius 3 is 3.00 bits per heavy atom. The van der Waals surface area contributed by atoms with E-state index in [0.717, 1.165) is 12.0 Å². The molecule has 2 aliphatic rings. The lowest BCUT2D eigenvalue weighted by Gasteiger charge is -2.33. The van der Waals surface area contributed by atoms with Crippen molar-refractivity contribution >= 4 is 11.8 Å². The first kappa shape index (κ1) is 11.7. The molecule has 2 fully saturated rings. The number of hydrogen-bond donors (Lipinski definition) is 1. The van der Waals surface area contributed by atoms with Crippen molar-refractivity contribution in [1.82, 2.24) is 10.2 Å². The summed E-state index contributed by atoms with van der Waals surface area (Å²) in [6, 6.07) is 1.51. The van der Waals surface area contributed by atoms with Gasteiger partial charge in [0.05, 0.1) is 0 Å². The Kier molecular flexibility index (Phi) is 4.35. The van der Waals surface area contributed by atoms with Gasteiger partial charge in [-0.05, 0) is 57.2 Å². The summed E-state index contributed by atoms with van der Waals surface area (Å²) in [5.74, 6) is 2.23. The van der Waals surface area contributed by atoms with Crippen LogP contribution in [0.25, 0.3) is 0 Å². The molecule has 2 saturated heterocycles. The highest BCUT2D eigenvalue weighted by molar-refractivity contribution is 7.98. The van der Waals surface area contributed by atoms with Crippen molar-refractivity contribution < 1.29 is 0 Å². The van der Waals surface area contributed by atoms with Crippen LogP contribution < -0.4 is 5.32 Å². The number of hydrogen-bond acceptors (Lipinski definition) is 3. The highest BCUT2D eigenvalue weighted by Crippen LogP contribution is 2.27. The van der Waals surface area contributed by atoms with Crippen LogP contribution in [0.15, 0.2) is 0 Å². The van der Waals surface area contributed by atoms with Crippen LogP contribution in [0, 0.1) is 5.92 Å². The topological polar surface area (TPSA) is 15.3 Å². The number of rotatable bonds is 5. The van der Waals surface area contributed by atoms with E-state index in [0.29, 0.717) is 6.04 Å². The molecule has 4 unspecified atom stereocenters. The molecule has 2 bridgehead atoms. The summed E-state index contributed by atoms with van der Waals surface area (Å²) in [6.45, 7) is 6.37. The normalized spacial score (nSPS) is 36.8. The summed E-state index contributed by atoms with van der Waals surface area (Å²) in [5, 5.41) is 3.84. The Morgan fingerprint density at radius 2 is 2.20 bits per heavy atom. The van der Waals surface area contributed by atoms with E-state index in [1.165, 1.54) is 44.6 Å². The SMILES string of the molecule is CSCCC(C)NC1CCN2CCC1C2. The van der Waals surface area contributed by atoms with E-state index in [1.54, 1.807) is 0 Å². The molecule has 0 aromatic rings. The van der Waals surface area contributed by atoms with E-state index in [9.17, 15) is 0 Å². The molecule has 88 valence electrons. The van der Waals surface area contributed by atoms with Crippen LogP contribution >= 0.6 is 11.8 Å². The van der Waals surface area contributed by atoms with Crippen molar-refractivity contribution in [3.05, 3.63) is 0 Å². The van der Waals surface area contributed by atoms with Crippen molar-refractivity contribution in [2.24, 2.45) is 5.92 Å². The average Bonchev–Trinajstić information content (AvgIpc) is 2.63. The number of piperidine rings is 1. The molecule has 0 aliphatic carbocycles. The third-order valence-electron chi connectivity index (χ3n) is 3.89. The monoisotopic (exact) mass is 228 g/mol. The Balaban J connectivity index is 1.73. The second-order valence-electron chi connectivity index (χ2n) is 5.09. The van der Waals surface area contributed by atoms with E-state index < -0.39 is 0 Å². The molecule has 2 rings (SSSR count). The van der Waals surface area contributed by atoms with Crippen molar-refractivity contribution in [2.45, 2.75) is 38.3 Å². The van der Waals surface area contributed by atoms with Gasteiger partial charge in [-0.15, -0.1) is 0 Å². The van der Waals surface area contributed by atoms with Gasteiger partial charge < -0.3 is 10.2 Å². The summed E-state index contributed by atoms with van der Waals surface area (Å²) in [7, 11) is 0. The number of nitrogens with zero attached hydrogens (tertiary/aromatic N) is 1. The molecule has 2 nitrogen and oxygen atoms in total. The van der Waals surface area contributed by atoms with E-state index in [1.807, 2.05) is 11.8 Å². The van der Waals surface area contributed by atoms with Crippen LogP contribution in [-0.2, 0) is 0 Å². The maximum atomic E-state index is 3.84. The summed E-state index contributed by atoms with van der Waals surface area (Å²) in [5.41, 5.74) is 0. The largest absolute Gasteiger partial charge is 0.311 e. The number of thioether (sulfide) groups is 1. The fourth-order valence-electron chi connectivity index (χ4n) is 2.91. The molecule has 15 heavy (non-hydrogen) atoms. The molecule has 0 aromatic carbocycles. The predicted molar refractivity (Wildman–Crippen MR) is 68.5 cm³/mol. The van der Waals surface area contributed by atoms with E-state index in [4.69, 9.17) is 0 Å². The lowest BCUT2D eigenvalue weighted by atomic mass is 9.93. The van der Waals surface area contributed by atoms with Gasteiger partial charge in [-0.25, -0.2) is 0 Å². The molecule has 1 N–H and O–H groups in total. The minimum Gasteiger partial charge on any atom is -0.311 e.